The van der Waals surface area contributed by atoms with Crippen molar-refractivity contribution in [2.24, 2.45) is 5.92 Å². The first-order chi connectivity index (χ1) is 8.08. The summed E-state index contributed by atoms with van der Waals surface area (Å²) in [7, 11) is 0. The van der Waals surface area contributed by atoms with E-state index in [0.717, 1.165) is 24.5 Å². The van der Waals surface area contributed by atoms with E-state index in [9.17, 15) is 4.79 Å². The molecular formula is C11H18N4OS. The predicted molar refractivity (Wildman–Crippen MR) is 68.6 cm³/mol. The van der Waals surface area contributed by atoms with Crippen LogP contribution in [-0.2, 0) is 11.3 Å². The molecule has 0 bridgehead atoms. The number of nitrogens with one attached hydrogen (secondary N) is 1. The third-order valence-electron chi connectivity index (χ3n) is 2.92. The van der Waals surface area contributed by atoms with Gasteiger partial charge in [-0.3, -0.25) is 9.69 Å². The molecule has 0 aliphatic carbocycles. The molecule has 1 amide bonds. The number of aromatic nitrogens is 1. The highest BCUT2D eigenvalue weighted by Gasteiger charge is 2.32. The summed E-state index contributed by atoms with van der Waals surface area (Å²) < 4.78 is 0. The van der Waals surface area contributed by atoms with E-state index in [-0.39, 0.29) is 11.9 Å². The first-order valence-corrected chi connectivity index (χ1v) is 6.61. The number of hydrogen-bond acceptors (Lipinski definition) is 5. The van der Waals surface area contributed by atoms with Gasteiger partial charge in [0, 0.05) is 30.7 Å². The zero-order chi connectivity index (χ0) is 12.4. The van der Waals surface area contributed by atoms with Crippen LogP contribution in [0.25, 0.3) is 0 Å². The predicted octanol–water partition coefficient (Wildman–Crippen LogP) is 0.682. The summed E-state index contributed by atoms with van der Waals surface area (Å²) in [5, 5.41) is 3.50. The second-order valence-electron chi connectivity index (χ2n) is 4.62. The molecule has 1 atom stereocenters. The fraction of sp³-hybridized carbons (Fsp3) is 0.636. The molecule has 1 aromatic heterocycles. The molecule has 94 valence electrons. The number of rotatable bonds is 3. The van der Waals surface area contributed by atoms with Crippen molar-refractivity contribution in [3.63, 3.8) is 0 Å². The lowest BCUT2D eigenvalue weighted by Gasteiger charge is -2.36. The minimum Gasteiger partial charge on any atom is -0.375 e. The Morgan fingerprint density at radius 3 is 3.06 bits per heavy atom. The van der Waals surface area contributed by atoms with Gasteiger partial charge in [-0.15, -0.1) is 11.3 Å². The van der Waals surface area contributed by atoms with Crippen LogP contribution in [0.3, 0.4) is 0 Å². The highest BCUT2D eigenvalue weighted by atomic mass is 32.1. The topological polar surface area (TPSA) is 71.2 Å². The Morgan fingerprint density at radius 1 is 1.71 bits per heavy atom. The van der Waals surface area contributed by atoms with Crippen molar-refractivity contribution < 1.29 is 4.79 Å². The van der Waals surface area contributed by atoms with Crippen LogP contribution >= 0.6 is 11.3 Å². The van der Waals surface area contributed by atoms with E-state index >= 15 is 0 Å². The van der Waals surface area contributed by atoms with E-state index in [2.05, 4.69) is 29.0 Å². The molecule has 5 nitrogen and oxygen atoms in total. The van der Waals surface area contributed by atoms with Gasteiger partial charge in [0.15, 0.2) is 5.13 Å². The third kappa shape index (κ3) is 2.76. The monoisotopic (exact) mass is 254 g/mol. The summed E-state index contributed by atoms with van der Waals surface area (Å²) in [6.07, 6.45) is 1.80. The highest BCUT2D eigenvalue weighted by Crippen LogP contribution is 2.21. The van der Waals surface area contributed by atoms with E-state index in [1.54, 1.807) is 6.20 Å². The summed E-state index contributed by atoms with van der Waals surface area (Å²) >= 11 is 1.49. The first-order valence-electron chi connectivity index (χ1n) is 5.80. The molecule has 0 spiro atoms. The molecule has 0 saturated carbocycles. The SMILES string of the molecule is CC(C)C1C(=O)NCCN1Cc1cnc(N)s1. The number of carbonyl (C=O) groups excluding carboxylic acids is 1. The maximum absolute atomic E-state index is 11.9. The number of piperazine rings is 1. The number of nitrogen functional groups attached to an aromatic ring is 1. The molecule has 1 aliphatic rings. The van der Waals surface area contributed by atoms with Gasteiger partial charge in [-0.25, -0.2) is 4.98 Å². The number of amides is 1. The molecule has 6 heteroatoms. The number of anilines is 1. The number of hydrogen-bond donors (Lipinski definition) is 2. The van der Waals surface area contributed by atoms with Gasteiger partial charge >= 0.3 is 0 Å². The van der Waals surface area contributed by atoms with E-state index in [1.165, 1.54) is 11.3 Å². The maximum atomic E-state index is 11.9. The van der Waals surface area contributed by atoms with Crippen molar-refractivity contribution in [2.45, 2.75) is 26.4 Å². The fourth-order valence-electron chi connectivity index (χ4n) is 2.23. The van der Waals surface area contributed by atoms with Gasteiger partial charge in [-0.05, 0) is 5.92 Å². The standard InChI is InChI=1S/C11H18N4OS/c1-7(2)9-10(16)13-3-4-15(9)6-8-5-14-11(12)17-8/h5,7,9H,3-4,6H2,1-2H3,(H2,12,14)(H,13,16). The second kappa shape index (κ2) is 5.01. The largest absolute Gasteiger partial charge is 0.375 e. The minimum absolute atomic E-state index is 0.0490. The number of nitrogens with two attached hydrogens (primary N) is 1. The summed E-state index contributed by atoms with van der Waals surface area (Å²) in [6, 6.07) is -0.0490. The second-order valence-corrected chi connectivity index (χ2v) is 5.76. The zero-order valence-electron chi connectivity index (χ0n) is 10.1. The van der Waals surface area contributed by atoms with Gasteiger partial charge in [0.05, 0.1) is 6.04 Å². The first kappa shape index (κ1) is 12.3. The Labute approximate surface area is 105 Å². The molecule has 1 aromatic rings. The number of carbonyl (C=O) groups is 1. The third-order valence-corrected chi connectivity index (χ3v) is 3.73. The molecular weight excluding hydrogens is 236 g/mol. The Hall–Kier alpha value is -1.14. The summed E-state index contributed by atoms with van der Waals surface area (Å²) in [5.74, 6) is 0.435. The van der Waals surface area contributed by atoms with Crippen LogP contribution in [0.2, 0.25) is 0 Å². The van der Waals surface area contributed by atoms with Gasteiger partial charge in [0.1, 0.15) is 0 Å². The molecule has 0 aromatic carbocycles. The molecule has 2 heterocycles. The van der Waals surface area contributed by atoms with Gasteiger partial charge in [-0.1, -0.05) is 13.8 Å². The van der Waals surface area contributed by atoms with Crippen LogP contribution in [0.5, 0.6) is 0 Å². The van der Waals surface area contributed by atoms with Crippen molar-refractivity contribution in [3.05, 3.63) is 11.1 Å². The molecule has 1 unspecified atom stereocenters. The average molecular weight is 254 g/mol. The Kier molecular flexibility index (Phi) is 3.63. The van der Waals surface area contributed by atoms with E-state index in [4.69, 9.17) is 5.73 Å². The summed E-state index contributed by atoms with van der Waals surface area (Å²) in [5.41, 5.74) is 5.62. The lowest BCUT2D eigenvalue weighted by molar-refractivity contribution is -0.131. The lowest BCUT2D eigenvalue weighted by Crippen LogP contribution is -2.56. The summed E-state index contributed by atoms with van der Waals surface area (Å²) in [4.78, 5) is 19.2. The van der Waals surface area contributed by atoms with E-state index in [0.29, 0.717) is 11.0 Å². The quantitative estimate of drug-likeness (QED) is 0.832. The molecule has 3 N–H and O–H groups in total. The molecule has 0 radical (unpaired) electrons. The molecule has 2 rings (SSSR count). The van der Waals surface area contributed by atoms with Crippen LogP contribution < -0.4 is 11.1 Å². The van der Waals surface area contributed by atoms with Crippen LogP contribution in [-0.4, -0.2) is 34.9 Å². The molecule has 1 aliphatic heterocycles. The fourth-order valence-corrected chi connectivity index (χ4v) is 2.94. The van der Waals surface area contributed by atoms with E-state index < -0.39 is 0 Å². The molecule has 1 fully saturated rings. The molecule has 1 saturated heterocycles. The van der Waals surface area contributed by atoms with Crippen molar-refractivity contribution in [1.29, 1.82) is 0 Å². The Morgan fingerprint density at radius 2 is 2.47 bits per heavy atom. The minimum atomic E-state index is -0.0490. The zero-order valence-corrected chi connectivity index (χ0v) is 11.0. The maximum Gasteiger partial charge on any atom is 0.237 e. The van der Waals surface area contributed by atoms with Crippen molar-refractivity contribution in [1.82, 2.24) is 15.2 Å². The lowest BCUT2D eigenvalue weighted by atomic mass is 10.00. The number of nitrogens with zero attached hydrogens (tertiary/aromatic N) is 2. The van der Waals surface area contributed by atoms with E-state index in [1.807, 2.05) is 0 Å². The smallest absolute Gasteiger partial charge is 0.237 e. The highest BCUT2D eigenvalue weighted by molar-refractivity contribution is 7.15. The van der Waals surface area contributed by atoms with Crippen LogP contribution in [0.4, 0.5) is 5.13 Å². The van der Waals surface area contributed by atoms with Crippen LogP contribution in [0.15, 0.2) is 6.20 Å². The normalized spacial score (nSPS) is 21.8. The molecule has 17 heavy (non-hydrogen) atoms. The average Bonchev–Trinajstić information content (AvgIpc) is 2.63. The van der Waals surface area contributed by atoms with Gasteiger partial charge in [-0.2, -0.15) is 0 Å². The Balaban J connectivity index is 2.09. The van der Waals surface area contributed by atoms with Gasteiger partial charge in [0.2, 0.25) is 5.91 Å². The van der Waals surface area contributed by atoms with Crippen molar-refractivity contribution in [3.8, 4) is 0 Å². The van der Waals surface area contributed by atoms with Gasteiger partial charge < -0.3 is 11.1 Å². The van der Waals surface area contributed by atoms with Crippen LogP contribution in [0, 0.1) is 5.92 Å². The van der Waals surface area contributed by atoms with Gasteiger partial charge in [0.25, 0.3) is 0 Å². The van der Waals surface area contributed by atoms with Crippen molar-refractivity contribution in [2.75, 3.05) is 18.8 Å². The Bertz CT molecular complexity index is 404. The summed E-state index contributed by atoms with van der Waals surface area (Å²) in [6.45, 7) is 6.50. The van der Waals surface area contributed by atoms with Crippen LogP contribution in [0.1, 0.15) is 18.7 Å². The number of thiazole rings is 1. The van der Waals surface area contributed by atoms with Crippen molar-refractivity contribution >= 4 is 22.4 Å².